The zero-order chi connectivity index (χ0) is 16.4. The van der Waals surface area contributed by atoms with Gasteiger partial charge in [-0.15, -0.1) is 0 Å². The lowest BCUT2D eigenvalue weighted by Gasteiger charge is -2.40. The number of likely N-dealkylation sites (tertiary alicyclic amines) is 1. The van der Waals surface area contributed by atoms with Crippen LogP contribution < -0.4 is 0 Å². The number of piperidine rings is 1. The Hall–Kier alpha value is -2.10. The van der Waals surface area contributed by atoms with Crippen molar-refractivity contribution < 1.29 is 9.32 Å². The van der Waals surface area contributed by atoms with Crippen molar-refractivity contribution >= 4 is 5.91 Å². The molecule has 0 N–H and O–H groups in total. The molecule has 4 heteroatoms. The van der Waals surface area contributed by atoms with Crippen LogP contribution in [-0.2, 0) is 16.8 Å². The van der Waals surface area contributed by atoms with Crippen molar-refractivity contribution in [3.05, 3.63) is 53.4 Å². The summed E-state index contributed by atoms with van der Waals surface area (Å²) in [4.78, 5) is 14.2. The highest BCUT2D eigenvalue weighted by atomic mass is 16.5. The van der Waals surface area contributed by atoms with Gasteiger partial charge in [0.15, 0.2) is 0 Å². The number of hydrogen-bond acceptors (Lipinski definition) is 3. The molecule has 2 aromatic rings. The molecule has 1 aromatic heterocycles. The molecular formula is C19H24N2O2. The van der Waals surface area contributed by atoms with Crippen LogP contribution in [0.15, 0.2) is 40.9 Å². The number of benzene rings is 1. The molecule has 0 aliphatic carbocycles. The smallest absolute Gasteiger partial charge is 0.222 e. The summed E-state index contributed by atoms with van der Waals surface area (Å²) in [6.07, 6.45) is 1.47. The number of rotatable bonds is 4. The van der Waals surface area contributed by atoms with Gasteiger partial charge in [0.1, 0.15) is 11.5 Å². The van der Waals surface area contributed by atoms with Gasteiger partial charge >= 0.3 is 0 Å². The van der Waals surface area contributed by atoms with Crippen LogP contribution in [0.5, 0.6) is 0 Å². The Bertz CT molecular complexity index is 678. The second-order valence-corrected chi connectivity index (χ2v) is 7.05. The number of nitrogens with zero attached hydrogens (tertiary/aromatic N) is 2. The number of carbonyl (C=O) groups is 1. The fourth-order valence-corrected chi connectivity index (χ4v) is 3.22. The number of hydrogen-bond donors (Lipinski definition) is 0. The minimum absolute atomic E-state index is 0.000215. The van der Waals surface area contributed by atoms with Gasteiger partial charge in [0.05, 0.1) is 6.54 Å². The summed E-state index contributed by atoms with van der Waals surface area (Å²) in [7, 11) is 0. The van der Waals surface area contributed by atoms with Crippen LogP contribution in [0, 0.1) is 0 Å². The van der Waals surface area contributed by atoms with Gasteiger partial charge in [-0.1, -0.05) is 56.3 Å². The molecule has 1 amide bonds. The third-order valence-corrected chi connectivity index (χ3v) is 4.75. The molecule has 1 aromatic carbocycles. The first-order valence-electron chi connectivity index (χ1n) is 8.27. The van der Waals surface area contributed by atoms with Crippen molar-refractivity contribution in [1.29, 1.82) is 0 Å². The minimum Gasteiger partial charge on any atom is -0.361 e. The predicted molar refractivity (Wildman–Crippen MR) is 89.0 cm³/mol. The summed E-state index contributed by atoms with van der Waals surface area (Å²) >= 11 is 0. The van der Waals surface area contributed by atoms with Crippen molar-refractivity contribution in [1.82, 2.24) is 10.1 Å². The van der Waals surface area contributed by atoms with Gasteiger partial charge in [-0.2, -0.15) is 0 Å². The lowest BCUT2D eigenvalue weighted by atomic mass is 9.75. The van der Waals surface area contributed by atoms with E-state index in [9.17, 15) is 4.79 Å². The van der Waals surface area contributed by atoms with Gasteiger partial charge in [-0.3, -0.25) is 4.79 Å². The number of carbonyl (C=O) groups excluding carboxylic acids is 1. The second-order valence-electron chi connectivity index (χ2n) is 7.05. The molecule has 23 heavy (non-hydrogen) atoms. The fourth-order valence-electron chi connectivity index (χ4n) is 3.22. The molecule has 0 unspecified atom stereocenters. The number of amides is 1. The van der Waals surface area contributed by atoms with E-state index >= 15 is 0 Å². The Kier molecular flexibility index (Phi) is 4.24. The zero-order valence-electron chi connectivity index (χ0n) is 14.1. The molecule has 1 saturated heterocycles. The Morgan fingerprint density at radius 2 is 2.04 bits per heavy atom. The van der Waals surface area contributed by atoms with Crippen molar-refractivity contribution in [2.45, 2.75) is 51.5 Å². The largest absolute Gasteiger partial charge is 0.361 e. The lowest BCUT2D eigenvalue weighted by molar-refractivity contribution is -0.136. The SMILES string of the molecule is CC(C)c1cc(CN2C[C@](C)(c3ccccc3)CCC2=O)no1. The summed E-state index contributed by atoms with van der Waals surface area (Å²) in [5.74, 6) is 1.38. The van der Waals surface area contributed by atoms with E-state index in [4.69, 9.17) is 4.52 Å². The van der Waals surface area contributed by atoms with Crippen LogP contribution >= 0.6 is 0 Å². The summed E-state index contributed by atoms with van der Waals surface area (Å²) in [5.41, 5.74) is 2.12. The second kappa shape index (κ2) is 6.19. The first-order chi connectivity index (χ1) is 11.0. The fraction of sp³-hybridized carbons (Fsp3) is 0.474. The van der Waals surface area contributed by atoms with E-state index < -0.39 is 0 Å². The van der Waals surface area contributed by atoms with Gasteiger partial charge in [0, 0.05) is 30.4 Å². The highest BCUT2D eigenvalue weighted by molar-refractivity contribution is 5.77. The quantitative estimate of drug-likeness (QED) is 0.860. The standard InChI is InChI=1S/C19H24N2O2/c1-14(2)17-11-16(20-23-17)12-21-13-19(3,10-9-18(21)22)15-7-5-4-6-8-15/h4-8,11,14H,9-10,12-13H2,1-3H3/t19-/m1/s1. The van der Waals surface area contributed by atoms with Crippen LogP contribution in [0.2, 0.25) is 0 Å². The van der Waals surface area contributed by atoms with Crippen LogP contribution in [0.1, 0.15) is 56.5 Å². The molecule has 0 bridgehead atoms. The molecule has 4 nitrogen and oxygen atoms in total. The molecule has 1 atom stereocenters. The van der Waals surface area contributed by atoms with E-state index in [0.29, 0.717) is 18.9 Å². The highest BCUT2D eigenvalue weighted by Gasteiger charge is 2.36. The van der Waals surface area contributed by atoms with Crippen molar-refractivity contribution in [3.63, 3.8) is 0 Å². The van der Waals surface area contributed by atoms with Crippen LogP contribution in [0.3, 0.4) is 0 Å². The molecule has 1 fully saturated rings. The van der Waals surface area contributed by atoms with Crippen LogP contribution in [-0.4, -0.2) is 22.5 Å². The maximum atomic E-state index is 12.3. The average Bonchev–Trinajstić information content (AvgIpc) is 3.01. The van der Waals surface area contributed by atoms with Gasteiger partial charge in [0.25, 0.3) is 0 Å². The molecule has 1 aliphatic rings. The molecule has 2 heterocycles. The molecule has 1 aliphatic heterocycles. The molecule has 3 rings (SSSR count). The summed E-state index contributed by atoms with van der Waals surface area (Å²) in [6, 6.07) is 12.4. The maximum Gasteiger partial charge on any atom is 0.222 e. The Balaban J connectivity index is 1.77. The minimum atomic E-state index is -0.000215. The normalized spacial score (nSPS) is 21.9. The first kappa shape index (κ1) is 15.8. The maximum absolute atomic E-state index is 12.3. The van der Waals surface area contributed by atoms with Crippen molar-refractivity contribution in [2.75, 3.05) is 6.54 Å². The van der Waals surface area contributed by atoms with E-state index in [1.54, 1.807) is 0 Å². The highest BCUT2D eigenvalue weighted by Crippen LogP contribution is 2.34. The third kappa shape index (κ3) is 3.31. The van der Waals surface area contributed by atoms with Crippen molar-refractivity contribution in [2.24, 2.45) is 0 Å². The Morgan fingerprint density at radius 1 is 1.30 bits per heavy atom. The molecular weight excluding hydrogens is 288 g/mol. The van der Waals surface area contributed by atoms with Gasteiger partial charge in [0.2, 0.25) is 5.91 Å². The lowest BCUT2D eigenvalue weighted by Crippen LogP contribution is -2.47. The molecule has 0 radical (unpaired) electrons. The first-order valence-corrected chi connectivity index (χ1v) is 8.27. The van der Waals surface area contributed by atoms with E-state index in [-0.39, 0.29) is 11.3 Å². The van der Waals surface area contributed by atoms with Crippen LogP contribution in [0.25, 0.3) is 0 Å². The predicted octanol–water partition coefficient (Wildman–Crippen LogP) is 3.88. The Morgan fingerprint density at radius 3 is 2.70 bits per heavy atom. The molecule has 0 spiro atoms. The van der Waals surface area contributed by atoms with Crippen LogP contribution in [0.4, 0.5) is 0 Å². The monoisotopic (exact) mass is 312 g/mol. The summed E-state index contributed by atoms with van der Waals surface area (Å²) < 4.78 is 5.35. The van der Waals surface area contributed by atoms with Gasteiger partial charge in [-0.25, -0.2) is 0 Å². The van der Waals surface area contributed by atoms with E-state index in [1.807, 2.05) is 17.0 Å². The van der Waals surface area contributed by atoms with Gasteiger partial charge < -0.3 is 9.42 Å². The Labute approximate surface area is 137 Å². The topological polar surface area (TPSA) is 46.3 Å². The van der Waals surface area contributed by atoms with Gasteiger partial charge in [-0.05, 0) is 12.0 Å². The molecule has 0 saturated carbocycles. The number of aromatic nitrogens is 1. The summed E-state index contributed by atoms with van der Waals surface area (Å²) in [5, 5.41) is 4.12. The van der Waals surface area contributed by atoms with E-state index in [2.05, 4.69) is 50.2 Å². The van der Waals surface area contributed by atoms with E-state index in [0.717, 1.165) is 24.4 Å². The summed E-state index contributed by atoms with van der Waals surface area (Å²) in [6.45, 7) is 7.63. The zero-order valence-corrected chi connectivity index (χ0v) is 14.1. The van der Waals surface area contributed by atoms with E-state index in [1.165, 1.54) is 5.56 Å². The molecule has 122 valence electrons. The third-order valence-electron chi connectivity index (χ3n) is 4.75. The average molecular weight is 312 g/mol. The van der Waals surface area contributed by atoms with Crippen molar-refractivity contribution in [3.8, 4) is 0 Å².